The van der Waals surface area contributed by atoms with Gasteiger partial charge in [0, 0.05) is 42.9 Å². The minimum absolute atomic E-state index is 0.199. The number of nitrogens with one attached hydrogen (secondary N) is 2. The first-order valence-electron chi connectivity index (χ1n) is 10.7. The van der Waals surface area contributed by atoms with Crippen molar-refractivity contribution in [2.24, 2.45) is 0 Å². The fourth-order valence-electron chi connectivity index (χ4n) is 3.93. The quantitative estimate of drug-likeness (QED) is 0.501. The van der Waals surface area contributed by atoms with Crippen LogP contribution in [0.15, 0.2) is 66.1 Å². The highest BCUT2D eigenvalue weighted by Gasteiger charge is 2.18. The molecule has 0 unspecified atom stereocenters. The highest BCUT2D eigenvalue weighted by atomic mass is 16.5. The molecule has 0 bridgehead atoms. The van der Waals surface area contributed by atoms with Crippen molar-refractivity contribution in [2.75, 3.05) is 25.5 Å². The van der Waals surface area contributed by atoms with E-state index in [1.807, 2.05) is 36.4 Å². The van der Waals surface area contributed by atoms with Crippen molar-refractivity contribution in [3.8, 4) is 17.0 Å². The van der Waals surface area contributed by atoms with Crippen LogP contribution in [0.2, 0.25) is 0 Å². The number of ether oxygens (including phenoxy) is 1. The maximum Gasteiger partial charge on any atom is 0.259 e. The Bertz CT molecular complexity index is 1270. The average Bonchev–Trinajstić information content (AvgIpc) is 2.82. The zero-order chi connectivity index (χ0) is 21.9. The van der Waals surface area contributed by atoms with Crippen LogP contribution in [0.1, 0.15) is 12.8 Å². The van der Waals surface area contributed by atoms with E-state index >= 15 is 0 Å². The zero-order valence-corrected chi connectivity index (χ0v) is 17.8. The van der Waals surface area contributed by atoms with E-state index in [2.05, 4.69) is 32.2 Å². The van der Waals surface area contributed by atoms with Crippen molar-refractivity contribution in [3.63, 3.8) is 0 Å². The second kappa shape index (κ2) is 8.76. The summed E-state index contributed by atoms with van der Waals surface area (Å²) >= 11 is 0. The molecule has 0 spiro atoms. The molecule has 1 saturated heterocycles. The van der Waals surface area contributed by atoms with E-state index in [0.717, 1.165) is 48.3 Å². The van der Waals surface area contributed by atoms with Gasteiger partial charge in [-0.2, -0.15) is 0 Å². The predicted molar refractivity (Wildman–Crippen MR) is 124 cm³/mol. The maximum atomic E-state index is 12.6. The number of likely N-dealkylation sites (tertiary alicyclic amines) is 1. The summed E-state index contributed by atoms with van der Waals surface area (Å²) in [4.78, 5) is 30.5. The van der Waals surface area contributed by atoms with Crippen molar-refractivity contribution in [1.82, 2.24) is 24.8 Å². The summed E-state index contributed by atoms with van der Waals surface area (Å²) in [5.74, 6) is 1.32. The van der Waals surface area contributed by atoms with Crippen LogP contribution in [-0.4, -0.2) is 51.1 Å². The van der Waals surface area contributed by atoms with Gasteiger partial charge in [0.2, 0.25) is 0 Å². The minimum Gasteiger partial charge on any atom is -0.490 e. The van der Waals surface area contributed by atoms with E-state index in [1.165, 1.54) is 6.33 Å². The molecule has 0 radical (unpaired) electrons. The van der Waals surface area contributed by atoms with E-state index in [1.54, 1.807) is 18.6 Å². The molecule has 4 heterocycles. The third-order valence-corrected chi connectivity index (χ3v) is 5.70. The average molecular weight is 428 g/mol. The van der Waals surface area contributed by atoms with E-state index in [9.17, 15) is 4.79 Å². The molecule has 3 aromatic heterocycles. The van der Waals surface area contributed by atoms with Crippen LogP contribution in [0, 0.1) is 0 Å². The van der Waals surface area contributed by atoms with Gasteiger partial charge in [-0.05, 0) is 61.7 Å². The molecule has 32 heavy (non-hydrogen) atoms. The highest BCUT2D eigenvalue weighted by molar-refractivity contribution is 5.95. The number of hydrogen-bond acceptors (Lipinski definition) is 7. The van der Waals surface area contributed by atoms with Gasteiger partial charge in [0.1, 0.15) is 24.0 Å². The molecule has 8 heteroatoms. The Morgan fingerprint density at radius 1 is 1.09 bits per heavy atom. The van der Waals surface area contributed by atoms with Crippen molar-refractivity contribution in [1.29, 1.82) is 0 Å². The summed E-state index contributed by atoms with van der Waals surface area (Å²) in [5.41, 5.74) is 2.09. The number of fused-ring (bicyclic) bond motifs is 1. The Labute approximate surface area is 185 Å². The van der Waals surface area contributed by atoms with Crippen LogP contribution >= 0.6 is 0 Å². The molecular formula is C24H24N6O2. The van der Waals surface area contributed by atoms with E-state index < -0.39 is 0 Å². The number of anilines is 2. The van der Waals surface area contributed by atoms with Crippen LogP contribution in [0.25, 0.3) is 22.0 Å². The summed E-state index contributed by atoms with van der Waals surface area (Å²) in [6.07, 6.45) is 8.83. The molecule has 1 aromatic carbocycles. The summed E-state index contributed by atoms with van der Waals surface area (Å²) in [5, 5.41) is 4.58. The molecule has 162 valence electrons. The topological polar surface area (TPSA) is 96.0 Å². The van der Waals surface area contributed by atoms with Gasteiger partial charge in [-0.1, -0.05) is 0 Å². The first-order chi connectivity index (χ1) is 15.7. The van der Waals surface area contributed by atoms with Crippen LogP contribution in [0.5, 0.6) is 5.75 Å². The Kier molecular flexibility index (Phi) is 5.51. The van der Waals surface area contributed by atoms with Crippen molar-refractivity contribution >= 4 is 22.3 Å². The van der Waals surface area contributed by atoms with Crippen LogP contribution in [-0.2, 0) is 0 Å². The molecule has 0 saturated carbocycles. The summed E-state index contributed by atoms with van der Waals surface area (Å²) in [6, 6.07) is 11.5. The van der Waals surface area contributed by atoms with E-state index in [-0.39, 0.29) is 11.7 Å². The second-order valence-electron chi connectivity index (χ2n) is 8.02. The summed E-state index contributed by atoms with van der Waals surface area (Å²) in [6.45, 7) is 2.11. The normalized spacial score (nSPS) is 15.0. The van der Waals surface area contributed by atoms with Crippen LogP contribution < -0.4 is 15.6 Å². The number of pyridine rings is 2. The fraction of sp³-hybridized carbons (Fsp3) is 0.250. The number of aromatic nitrogens is 4. The smallest absolute Gasteiger partial charge is 0.259 e. The molecule has 0 atom stereocenters. The second-order valence-corrected chi connectivity index (χ2v) is 8.02. The Morgan fingerprint density at radius 2 is 1.84 bits per heavy atom. The molecule has 0 aliphatic carbocycles. The Balaban J connectivity index is 1.42. The lowest BCUT2D eigenvalue weighted by molar-refractivity contribution is 0.114. The zero-order valence-electron chi connectivity index (χ0n) is 17.8. The van der Waals surface area contributed by atoms with E-state index in [0.29, 0.717) is 16.9 Å². The maximum absolute atomic E-state index is 12.6. The Hall–Kier alpha value is -3.78. The first kappa shape index (κ1) is 20.1. The molecule has 0 amide bonds. The molecule has 1 fully saturated rings. The van der Waals surface area contributed by atoms with Gasteiger partial charge in [-0.15, -0.1) is 0 Å². The van der Waals surface area contributed by atoms with Gasteiger partial charge in [0.15, 0.2) is 0 Å². The summed E-state index contributed by atoms with van der Waals surface area (Å²) in [7, 11) is 2.14. The van der Waals surface area contributed by atoms with Crippen LogP contribution in [0.3, 0.4) is 0 Å². The monoisotopic (exact) mass is 428 g/mol. The fourth-order valence-corrected chi connectivity index (χ4v) is 3.93. The molecule has 8 nitrogen and oxygen atoms in total. The van der Waals surface area contributed by atoms with Gasteiger partial charge < -0.3 is 19.9 Å². The summed E-state index contributed by atoms with van der Waals surface area (Å²) < 4.78 is 6.14. The lowest BCUT2D eigenvalue weighted by Gasteiger charge is -2.29. The molecule has 1 aliphatic heterocycles. The number of benzene rings is 1. The Morgan fingerprint density at radius 3 is 2.59 bits per heavy atom. The van der Waals surface area contributed by atoms with Gasteiger partial charge >= 0.3 is 0 Å². The first-order valence-corrected chi connectivity index (χ1v) is 10.7. The number of hydrogen-bond donors (Lipinski definition) is 2. The van der Waals surface area contributed by atoms with Crippen molar-refractivity contribution < 1.29 is 4.74 Å². The number of H-pyrrole nitrogens is 1. The van der Waals surface area contributed by atoms with Gasteiger partial charge in [-0.25, -0.2) is 15.0 Å². The van der Waals surface area contributed by atoms with Crippen molar-refractivity contribution in [3.05, 3.63) is 71.7 Å². The van der Waals surface area contributed by atoms with Crippen LogP contribution in [0.4, 0.5) is 11.5 Å². The highest BCUT2D eigenvalue weighted by Crippen LogP contribution is 2.28. The van der Waals surface area contributed by atoms with Crippen molar-refractivity contribution in [2.45, 2.75) is 18.9 Å². The van der Waals surface area contributed by atoms with Gasteiger partial charge in [0.25, 0.3) is 5.56 Å². The molecule has 5 rings (SSSR count). The molecule has 2 N–H and O–H groups in total. The third-order valence-electron chi connectivity index (χ3n) is 5.70. The largest absolute Gasteiger partial charge is 0.490 e. The number of rotatable bonds is 5. The minimum atomic E-state index is -0.199. The van der Waals surface area contributed by atoms with E-state index in [4.69, 9.17) is 9.72 Å². The molecule has 4 aromatic rings. The lowest BCUT2D eigenvalue weighted by Crippen LogP contribution is -2.35. The molecule has 1 aliphatic rings. The van der Waals surface area contributed by atoms with Gasteiger partial charge in [0.05, 0.1) is 11.1 Å². The SMILES string of the molecule is CN1CCC(Oc2ccc(Nc3nc(-c4cncnc4)cc4cc[nH]c(=O)c34)cc2)CC1. The standard InChI is InChI=1S/C24H24N6O2/c1-30-10-7-20(8-11-30)32-19-4-2-18(3-5-19)28-23-22-16(6-9-27-24(22)31)12-21(29-23)17-13-25-15-26-14-17/h2-6,9,12-15,20H,7-8,10-11H2,1H3,(H,27,31)(H,28,29). The lowest BCUT2D eigenvalue weighted by atomic mass is 10.1. The third kappa shape index (κ3) is 4.31. The predicted octanol–water partition coefficient (Wildman–Crippen LogP) is 3.60. The number of aromatic amines is 1. The molecular weight excluding hydrogens is 404 g/mol. The van der Waals surface area contributed by atoms with Gasteiger partial charge in [-0.3, -0.25) is 4.79 Å². The number of nitrogens with zero attached hydrogens (tertiary/aromatic N) is 4. The number of piperidine rings is 1.